The average molecular weight is 1560 g/mol. The fourth-order valence-corrected chi connectivity index (χ4v) is 20.1. The van der Waals surface area contributed by atoms with Gasteiger partial charge in [-0.25, -0.2) is 0 Å². The van der Waals surface area contributed by atoms with E-state index in [4.69, 9.17) is 4.98 Å². The molecule has 22 aromatic rings. The van der Waals surface area contributed by atoms with E-state index in [-0.39, 0.29) is 5.41 Å². The number of anilines is 3. The summed E-state index contributed by atoms with van der Waals surface area (Å²) in [6, 6.07) is 149. The zero-order chi connectivity index (χ0) is 77.5. The predicted molar refractivity (Wildman–Crippen MR) is 488 cm³/mol. The number of para-hydroxylation sites is 9. The number of halogens is 1. The highest BCUT2D eigenvalue weighted by Crippen LogP contribution is 2.58. The van der Waals surface area contributed by atoms with Crippen molar-refractivity contribution >= 4 is 120 Å². The minimum atomic E-state index is -0.589. The van der Waals surface area contributed by atoms with E-state index in [1.54, 1.807) is 0 Å². The van der Waals surface area contributed by atoms with E-state index in [0.717, 1.165) is 50.7 Å². The minimum absolute atomic E-state index is 0.310. The summed E-state index contributed by atoms with van der Waals surface area (Å²) in [6.45, 7) is 0. The maximum atomic E-state index is 4.86. The summed E-state index contributed by atoms with van der Waals surface area (Å²) >= 11 is 3.81. The number of fused-ring (bicyclic) bond motifs is 16. The minimum Gasteiger partial charge on any atom is -0.309 e. The summed E-state index contributed by atoms with van der Waals surface area (Å²) in [6.07, 6.45) is 8.89. The van der Waals surface area contributed by atoms with Crippen LogP contribution >= 0.6 is 15.9 Å². The van der Waals surface area contributed by atoms with Gasteiger partial charge >= 0.3 is 0 Å². The van der Waals surface area contributed by atoms with Gasteiger partial charge < -0.3 is 23.2 Å². The van der Waals surface area contributed by atoms with Crippen molar-refractivity contribution in [1.29, 1.82) is 0 Å². The quantitative estimate of drug-likeness (QED) is 0.145. The lowest BCUT2D eigenvalue weighted by Crippen LogP contribution is -2.37. The zero-order valence-electron chi connectivity index (χ0n) is 63.8. The number of aromatic nitrogens is 6. The number of rotatable bonds is 9. The lowest BCUT2D eigenvalue weighted by atomic mass is 9.60. The molecule has 0 unspecified atom stereocenters. The van der Waals surface area contributed by atoms with Gasteiger partial charge in [0.15, 0.2) is 0 Å². The van der Waals surface area contributed by atoms with Gasteiger partial charge in [-0.05, 0) is 165 Å². The lowest BCUT2D eigenvalue weighted by Gasteiger charge is -2.46. The third kappa shape index (κ3) is 11.0. The summed E-state index contributed by atoms with van der Waals surface area (Å²) in [4.78, 5) is 11.7. The molecule has 2 aliphatic rings. The number of nitrogens with zero attached hydrogens (tertiary/aromatic N) is 7. The molecule has 7 nitrogen and oxygen atoms in total. The van der Waals surface area contributed by atoms with Gasteiger partial charge in [0.25, 0.3) is 0 Å². The molecule has 16 aromatic carbocycles. The van der Waals surface area contributed by atoms with Crippen LogP contribution in [0.3, 0.4) is 0 Å². The molecular formula is C109H74BrN7. The van der Waals surface area contributed by atoms with Crippen molar-refractivity contribution in [3.63, 3.8) is 0 Å². The number of pyridine rings is 2. The van der Waals surface area contributed by atoms with E-state index in [0.29, 0.717) is 0 Å². The van der Waals surface area contributed by atoms with Crippen molar-refractivity contribution in [2.75, 3.05) is 4.90 Å². The van der Waals surface area contributed by atoms with Gasteiger partial charge in [0.05, 0.1) is 89.6 Å². The summed E-state index contributed by atoms with van der Waals surface area (Å²) in [7, 11) is 0. The van der Waals surface area contributed by atoms with Crippen LogP contribution in [0.4, 0.5) is 17.1 Å². The topological polar surface area (TPSA) is 48.7 Å². The Bertz CT molecular complexity index is 6930. The van der Waals surface area contributed by atoms with E-state index in [1.807, 2.05) is 18.6 Å². The highest BCUT2D eigenvalue weighted by atomic mass is 79.9. The van der Waals surface area contributed by atoms with Crippen LogP contribution in [-0.2, 0) is 17.3 Å². The molecule has 24 rings (SSSR count). The predicted octanol–water partition coefficient (Wildman–Crippen LogP) is 27.5. The normalized spacial score (nSPS) is 13.1. The van der Waals surface area contributed by atoms with Gasteiger partial charge in [-0.15, -0.1) is 0 Å². The molecule has 0 radical (unpaired) electrons. The lowest BCUT2D eigenvalue weighted by molar-refractivity contribution is 0.700. The monoisotopic (exact) mass is 1560 g/mol. The Hall–Kier alpha value is -14.7. The van der Waals surface area contributed by atoms with Gasteiger partial charge in [0, 0.05) is 77.5 Å². The van der Waals surface area contributed by atoms with Crippen LogP contribution in [-0.4, -0.2) is 28.2 Å². The van der Waals surface area contributed by atoms with Crippen LogP contribution in [0.5, 0.6) is 0 Å². The van der Waals surface area contributed by atoms with Crippen molar-refractivity contribution in [1.82, 2.24) is 28.2 Å². The maximum Gasteiger partial charge on any atom is 0.0743 e. The molecule has 0 bridgehead atoms. The van der Waals surface area contributed by atoms with Crippen LogP contribution < -0.4 is 4.90 Å². The molecule has 0 spiro atoms. The number of hydrogen-bond donors (Lipinski definition) is 0. The summed E-state index contributed by atoms with van der Waals surface area (Å²) < 4.78 is 10.7. The first-order valence-electron chi connectivity index (χ1n) is 40.0. The van der Waals surface area contributed by atoms with Crippen LogP contribution in [0, 0.1) is 0 Å². The van der Waals surface area contributed by atoms with Crippen LogP contribution in [0.15, 0.2) is 442 Å². The summed E-state index contributed by atoms with van der Waals surface area (Å²) in [5.74, 6) is 0. The fourth-order valence-electron chi connectivity index (χ4n) is 19.7. The van der Waals surface area contributed by atoms with E-state index in [2.05, 4.69) is 463 Å². The second kappa shape index (κ2) is 28.4. The third-order valence-electron chi connectivity index (χ3n) is 24.3. The molecular weight excluding hydrogens is 1490 g/mol. The number of hydrogen-bond acceptors (Lipinski definition) is 3. The second-order valence-corrected chi connectivity index (χ2v) is 31.3. The van der Waals surface area contributed by atoms with Gasteiger partial charge in [0.1, 0.15) is 0 Å². The highest BCUT2D eigenvalue weighted by Gasteiger charge is 2.47. The molecule has 7 heterocycles. The Balaban J connectivity index is 0.000000118. The first kappa shape index (κ1) is 69.1. The first-order chi connectivity index (χ1) is 58.0. The molecule has 552 valence electrons. The molecule has 0 fully saturated rings. The second-order valence-electron chi connectivity index (χ2n) is 30.4. The summed E-state index contributed by atoms with van der Waals surface area (Å²) in [5, 5.41) is 10.0. The highest BCUT2D eigenvalue weighted by molar-refractivity contribution is 9.10. The van der Waals surface area contributed by atoms with Crippen LogP contribution in [0.1, 0.15) is 55.6 Å². The van der Waals surface area contributed by atoms with E-state index < -0.39 is 5.41 Å². The molecule has 0 amide bonds. The SMILES string of the molecule is Brc1cc(-n2c3ccccc3c3ccccc32)cc(-n2c3ccccc3c3ccccc32)c1.c1ccc(C2(c3ccccc3)c3ccccc3Cc3cnccc32)cc1.c1ccc(C2(c3ccccc3)c3ccccc3N(c3cc(-n4c5ccccc5c5ccccc54)cc(-n4c5ccccc5c5ccccc54)c3)c3cnccc32)cc1. The van der Waals surface area contributed by atoms with E-state index >= 15 is 0 Å². The standard InChI is InChI=1S/C54H36N4.C30H19BrN2.C25H19N/c1-3-17-37(18-4-1)54(38-19-5-2-6-20-38)46-25-11-16-30-52(46)58(53-36-55-32-31-47(53)54)41-34-39(56-48-26-12-7-21-42(48)43-22-8-13-27-49(43)56)33-40(35-41)57-50-28-14-9-23-44(50)45-24-10-15-29-51(45)57;31-20-17-21(32-27-13-5-1-9-23(27)24-10-2-6-14-28(24)32)19-22(18-20)33-29-15-7-3-11-25(29)26-12-4-8-16-30(26)33;1-3-10-21(11-4-1)25(22-12-5-2-6-13-22)23-14-8-7-9-19(23)17-20-18-26-16-15-24(20)25/h1-36H;1-19H;1-16,18H,17H2. The van der Waals surface area contributed by atoms with Gasteiger partial charge in [-0.3, -0.25) is 9.97 Å². The maximum absolute atomic E-state index is 4.86. The smallest absolute Gasteiger partial charge is 0.0743 e. The largest absolute Gasteiger partial charge is 0.309 e. The van der Waals surface area contributed by atoms with E-state index in [1.165, 1.54) is 143 Å². The Morgan fingerprint density at radius 3 is 0.863 bits per heavy atom. The first-order valence-corrected chi connectivity index (χ1v) is 40.8. The van der Waals surface area contributed by atoms with Crippen molar-refractivity contribution in [2.24, 2.45) is 0 Å². The number of benzene rings is 16. The molecule has 0 N–H and O–H groups in total. The van der Waals surface area contributed by atoms with Crippen LogP contribution in [0.25, 0.3) is 110 Å². The summed E-state index contributed by atoms with van der Waals surface area (Å²) in [5.41, 5.74) is 29.1. The molecule has 6 aromatic heterocycles. The third-order valence-corrected chi connectivity index (χ3v) is 24.8. The molecule has 0 saturated heterocycles. The molecule has 8 heteroatoms. The zero-order valence-corrected chi connectivity index (χ0v) is 65.4. The Morgan fingerprint density at radius 1 is 0.222 bits per heavy atom. The molecule has 0 atom stereocenters. The van der Waals surface area contributed by atoms with E-state index in [9.17, 15) is 0 Å². The Kier molecular flexibility index (Phi) is 16.8. The molecule has 117 heavy (non-hydrogen) atoms. The van der Waals surface area contributed by atoms with Gasteiger partial charge in [-0.2, -0.15) is 0 Å². The van der Waals surface area contributed by atoms with Crippen molar-refractivity contribution in [2.45, 2.75) is 17.3 Å². The fraction of sp³-hybridized carbons (Fsp3) is 0.0275. The van der Waals surface area contributed by atoms with Gasteiger partial charge in [-0.1, -0.05) is 325 Å². The average Bonchev–Trinajstić information content (AvgIpc) is 1.38. The molecule has 1 aliphatic carbocycles. The van der Waals surface area contributed by atoms with Gasteiger partial charge in [0.2, 0.25) is 0 Å². The Labute approximate surface area is 685 Å². The van der Waals surface area contributed by atoms with Crippen molar-refractivity contribution < 1.29 is 0 Å². The van der Waals surface area contributed by atoms with Crippen LogP contribution in [0.2, 0.25) is 0 Å². The van der Waals surface area contributed by atoms with Crippen molar-refractivity contribution in [3.8, 4) is 22.7 Å². The Morgan fingerprint density at radius 2 is 0.487 bits per heavy atom. The molecule has 0 saturated carbocycles. The molecule has 1 aliphatic heterocycles. The van der Waals surface area contributed by atoms with Crippen molar-refractivity contribution in [3.05, 3.63) is 497 Å².